The van der Waals surface area contributed by atoms with Crippen molar-refractivity contribution in [2.24, 2.45) is 5.92 Å². The Bertz CT molecular complexity index is 223. The zero-order valence-electron chi connectivity index (χ0n) is 10.4. The van der Waals surface area contributed by atoms with Crippen LogP contribution in [0.15, 0.2) is 0 Å². The van der Waals surface area contributed by atoms with Gasteiger partial charge in [0.25, 0.3) is 0 Å². The number of hydrogen-bond donors (Lipinski definition) is 3. The van der Waals surface area contributed by atoms with Crippen molar-refractivity contribution in [2.75, 3.05) is 19.7 Å². The van der Waals surface area contributed by atoms with Crippen molar-refractivity contribution in [2.45, 2.75) is 45.1 Å². The smallest absolute Gasteiger partial charge is 0.220 e. The van der Waals surface area contributed by atoms with Crippen molar-refractivity contribution < 1.29 is 9.90 Å². The van der Waals surface area contributed by atoms with Crippen LogP contribution < -0.4 is 10.6 Å². The van der Waals surface area contributed by atoms with E-state index in [1.807, 2.05) is 13.8 Å². The van der Waals surface area contributed by atoms with Gasteiger partial charge in [-0.2, -0.15) is 0 Å². The Kier molecular flexibility index (Phi) is 5.22. The number of carbonyl (C=O) groups excluding carboxylic acids is 1. The van der Waals surface area contributed by atoms with Gasteiger partial charge in [-0.25, -0.2) is 0 Å². The molecule has 0 aromatic rings. The van der Waals surface area contributed by atoms with Crippen molar-refractivity contribution in [1.29, 1.82) is 0 Å². The lowest BCUT2D eigenvalue weighted by Crippen LogP contribution is -2.44. The van der Waals surface area contributed by atoms with E-state index in [0.29, 0.717) is 18.8 Å². The highest BCUT2D eigenvalue weighted by molar-refractivity contribution is 5.76. The maximum Gasteiger partial charge on any atom is 0.220 e. The molecule has 1 aliphatic rings. The van der Waals surface area contributed by atoms with Gasteiger partial charge in [0.2, 0.25) is 5.91 Å². The average molecular weight is 228 g/mol. The summed E-state index contributed by atoms with van der Waals surface area (Å²) < 4.78 is 0. The van der Waals surface area contributed by atoms with Crippen molar-refractivity contribution in [3.05, 3.63) is 0 Å². The van der Waals surface area contributed by atoms with Gasteiger partial charge in [-0.1, -0.05) is 0 Å². The quantitative estimate of drug-likeness (QED) is 0.625. The van der Waals surface area contributed by atoms with E-state index in [9.17, 15) is 4.79 Å². The van der Waals surface area contributed by atoms with Gasteiger partial charge >= 0.3 is 0 Å². The fourth-order valence-corrected chi connectivity index (χ4v) is 2.08. The van der Waals surface area contributed by atoms with Crippen molar-refractivity contribution >= 4 is 5.91 Å². The number of hydrogen-bond acceptors (Lipinski definition) is 3. The molecular formula is C12H24N2O2. The van der Waals surface area contributed by atoms with Crippen LogP contribution in [0.5, 0.6) is 0 Å². The summed E-state index contributed by atoms with van der Waals surface area (Å²) >= 11 is 0. The van der Waals surface area contributed by atoms with Gasteiger partial charge in [0.15, 0.2) is 0 Å². The molecule has 0 aromatic heterocycles. The normalized spacial score (nSPS) is 21.1. The predicted octanol–water partition coefficient (Wildman–Crippen LogP) is 0.653. The summed E-state index contributed by atoms with van der Waals surface area (Å²) in [6.45, 7) is 6.13. The summed E-state index contributed by atoms with van der Waals surface area (Å²) in [5.41, 5.74) is -0.292. The Balaban J connectivity index is 2.19. The molecule has 4 heteroatoms. The second kappa shape index (κ2) is 6.21. The number of rotatable bonds is 6. The molecule has 1 heterocycles. The minimum Gasteiger partial charge on any atom is -0.396 e. The van der Waals surface area contributed by atoms with Crippen LogP contribution >= 0.6 is 0 Å². The molecule has 0 aliphatic carbocycles. The lowest BCUT2D eigenvalue weighted by Gasteiger charge is -2.25. The van der Waals surface area contributed by atoms with Crippen molar-refractivity contribution in [3.63, 3.8) is 0 Å². The molecule has 1 amide bonds. The third kappa shape index (κ3) is 4.94. The third-order valence-corrected chi connectivity index (χ3v) is 3.16. The maximum atomic E-state index is 11.7. The highest BCUT2D eigenvalue weighted by Gasteiger charge is 2.21. The van der Waals surface area contributed by atoms with Crippen LogP contribution in [-0.2, 0) is 4.79 Å². The first-order chi connectivity index (χ1) is 7.53. The molecular weight excluding hydrogens is 204 g/mol. The molecule has 1 unspecified atom stereocenters. The highest BCUT2D eigenvalue weighted by atomic mass is 16.3. The lowest BCUT2D eigenvalue weighted by atomic mass is 9.99. The van der Waals surface area contributed by atoms with Crippen molar-refractivity contribution in [3.8, 4) is 0 Å². The summed E-state index contributed by atoms with van der Waals surface area (Å²) in [5.74, 6) is 0.761. The predicted molar refractivity (Wildman–Crippen MR) is 64.1 cm³/mol. The van der Waals surface area contributed by atoms with E-state index in [2.05, 4.69) is 10.6 Å². The van der Waals surface area contributed by atoms with Crippen LogP contribution in [0.25, 0.3) is 0 Å². The second-order valence-electron chi connectivity index (χ2n) is 5.30. The molecule has 0 radical (unpaired) electrons. The van der Waals surface area contributed by atoms with E-state index >= 15 is 0 Å². The van der Waals surface area contributed by atoms with E-state index in [0.717, 1.165) is 19.5 Å². The van der Waals surface area contributed by atoms with E-state index in [-0.39, 0.29) is 18.1 Å². The van der Waals surface area contributed by atoms with Gasteiger partial charge in [-0.15, -0.1) is 0 Å². The van der Waals surface area contributed by atoms with E-state index in [1.54, 1.807) is 0 Å². The fraction of sp³-hybridized carbons (Fsp3) is 0.917. The number of nitrogens with one attached hydrogen (secondary N) is 2. The number of carbonyl (C=O) groups is 1. The molecule has 0 spiro atoms. The third-order valence-electron chi connectivity index (χ3n) is 3.16. The summed E-state index contributed by atoms with van der Waals surface area (Å²) in [6.07, 6.45) is 3.35. The van der Waals surface area contributed by atoms with Crippen LogP contribution in [-0.4, -0.2) is 36.2 Å². The Morgan fingerprint density at radius 1 is 1.56 bits per heavy atom. The van der Waals surface area contributed by atoms with Gasteiger partial charge < -0.3 is 15.7 Å². The topological polar surface area (TPSA) is 61.4 Å². The van der Waals surface area contributed by atoms with Gasteiger partial charge in [-0.05, 0) is 52.1 Å². The minimum atomic E-state index is -0.292. The molecule has 1 aliphatic heterocycles. The zero-order valence-corrected chi connectivity index (χ0v) is 10.4. The largest absolute Gasteiger partial charge is 0.396 e. The molecule has 0 aromatic carbocycles. The van der Waals surface area contributed by atoms with Gasteiger partial charge in [0.1, 0.15) is 0 Å². The minimum absolute atomic E-state index is 0.102. The Morgan fingerprint density at radius 3 is 2.88 bits per heavy atom. The first-order valence-electron chi connectivity index (χ1n) is 6.16. The first-order valence-corrected chi connectivity index (χ1v) is 6.16. The first kappa shape index (κ1) is 13.5. The Morgan fingerprint density at radius 2 is 2.31 bits per heavy atom. The van der Waals surface area contributed by atoms with Crippen molar-refractivity contribution in [1.82, 2.24) is 10.6 Å². The molecule has 3 N–H and O–H groups in total. The standard InChI is InChI=1S/C12H24N2O2/c1-12(2,6-8-15)14-11(16)4-3-10-5-7-13-9-10/h10,13,15H,3-9H2,1-2H3,(H,14,16). The van der Waals surface area contributed by atoms with E-state index in [1.165, 1.54) is 6.42 Å². The molecule has 94 valence electrons. The number of aliphatic hydroxyl groups excluding tert-OH is 1. The Labute approximate surface area is 97.8 Å². The molecule has 16 heavy (non-hydrogen) atoms. The van der Waals surface area contributed by atoms with E-state index < -0.39 is 0 Å². The molecule has 1 fully saturated rings. The summed E-state index contributed by atoms with van der Waals surface area (Å²) in [4.78, 5) is 11.7. The van der Waals surface area contributed by atoms with Crippen LogP contribution in [0.3, 0.4) is 0 Å². The van der Waals surface area contributed by atoms with Gasteiger partial charge in [-0.3, -0.25) is 4.79 Å². The molecule has 1 rings (SSSR count). The zero-order chi connectivity index (χ0) is 12.0. The Hall–Kier alpha value is -0.610. The summed E-state index contributed by atoms with van der Waals surface area (Å²) in [7, 11) is 0. The number of amides is 1. The second-order valence-corrected chi connectivity index (χ2v) is 5.30. The fourth-order valence-electron chi connectivity index (χ4n) is 2.08. The van der Waals surface area contributed by atoms with Crippen LogP contribution in [0.4, 0.5) is 0 Å². The van der Waals surface area contributed by atoms with Crippen LogP contribution in [0, 0.1) is 5.92 Å². The molecule has 4 nitrogen and oxygen atoms in total. The monoisotopic (exact) mass is 228 g/mol. The molecule has 0 bridgehead atoms. The maximum absolute atomic E-state index is 11.7. The number of aliphatic hydroxyl groups is 1. The lowest BCUT2D eigenvalue weighted by molar-refractivity contribution is -0.123. The molecule has 1 saturated heterocycles. The molecule has 0 saturated carbocycles. The average Bonchev–Trinajstić information content (AvgIpc) is 2.66. The van der Waals surface area contributed by atoms with Gasteiger partial charge in [0.05, 0.1) is 0 Å². The SMILES string of the molecule is CC(C)(CCO)NC(=O)CCC1CCNC1. The van der Waals surface area contributed by atoms with Crippen LogP contribution in [0.1, 0.15) is 39.5 Å². The van der Waals surface area contributed by atoms with Crippen LogP contribution in [0.2, 0.25) is 0 Å². The highest BCUT2D eigenvalue weighted by Crippen LogP contribution is 2.15. The van der Waals surface area contributed by atoms with E-state index in [4.69, 9.17) is 5.11 Å². The molecule has 1 atom stereocenters. The summed E-state index contributed by atoms with van der Waals surface area (Å²) in [5, 5.41) is 15.1. The van der Waals surface area contributed by atoms with Gasteiger partial charge in [0, 0.05) is 18.6 Å². The summed E-state index contributed by atoms with van der Waals surface area (Å²) in [6, 6.07) is 0.